The highest BCUT2D eigenvalue weighted by atomic mass is 35.5. The molecule has 1 N–H and O–H groups in total. The van der Waals surface area contributed by atoms with Crippen molar-refractivity contribution in [1.82, 2.24) is 10.2 Å². The van der Waals surface area contributed by atoms with Gasteiger partial charge in [0.15, 0.2) is 0 Å². The number of hydrogen-bond acceptors (Lipinski definition) is 5. The van der Waals surface area contributed by atoms with Crippen molar-refractivity contribution in [2.24, 2.45) is 0 Å². The highest BCUT2D eigenvalue weighted by Crippen LogP contribution is 2.32. The number of methoxy groups -OCH3 is 1. The van der Waals surface area contributed by atoms with Gasteiger partial charge >= 0.3 is 0 Å². The molecule has 0 saturated heterocycles. The van der Waals surface area contributed by atoms with Crippen molar-refractivity contribution >= 4 is 39.1 Å². The van der Waals surface area contributed by atoms with Gasteiger partial charge in [-0.1, -0.05) is 59.6 Å². The Hall–Kier alpha value is -3.56. The molecule has 3 rings (SSSR count). The lowest BCUT2D eigenvalue weighted by Gasteiger charge is -2.33. The molecular weight excluding hydrogens is 550 g/mol. The van der Waals surface area contributed by atoms with E-state index < -0.39 is 34.1 Å². The maximum absolute atomic E-state index is 14.0. The number of amides is 2. The van der Waals surface area contributed by atoms with Gasteiger partial charge in [0, 0.05) is 12.1 Å². The van der Waals surface area contributed by atoms with Crippen molar-refractivity contribution in [1.29, 1.82) is 0 Å². The van der Waals surface area contributed by atoms with Gasteiger partial charge in [-0.2, -0.15) is 0 Å². The van der Waals surface area contributed by atoms with Gasteiger partial charge in [-0.25, -0.2) is 8.42 Å². The molecule has 0 fully saturated rings. The van der Waals surface area contributed by atoms with Gasteiger partial charge in [-0.3, -0.25) is 13.9 Å². The van der Waals surface area contributed by atoms with Crippen LogP contribution in [0, 0.1) is 6.92 Å². The summed E-state index contributed by atoms with van der Waals surface area (Å²) in [5.41, 5.74) is 1.48. The van der Waals surface area contributed by atoms with Crippen molar-refractivity contribution in [3.05, 3.63) is 88.9 Å². The summed E-state index contributed by atoms with van der Waals surface area (Å²) in [5, 5.41) is 3.11. The minimum Gasteiger partial charge on any atom is -0.495 e. The molecule has 0 spiro atoms. The van der Waals surface area contributed by atoms with Crippen molar-refractivity contribution in [2.45, 2.75) is 57.6 Å². The molecule has 3 aromatic carbocycles. The summed E-state index contributed by atoms with van der Waals surface area (Å²) in [6, 6.07) is 19.1. The highest BCUT2D eigenvalue weighted by molar-refractivity contribution is 7.92. The van der Waals surface area contributed by atoms with Gasteiger partial charge in [-0.05, 0) is 70.5 Å². The van der Waals surface area contributed by atoms with Gasteiger partial charge in [-0.15, -0.1) is 0 Å². The molecule has 214 valence electrons. The summed E-state index contributed by atoms with van der Waals surface area (Å²) in [6.07, 6.45) is 0. The predicted molar refractivity (Wildman–Crippen MR) is 158 cm³/mol. The molecular formula is C30H36ClN3O5S. The summed E-state index contributed by atoms with van der Waals surface area (Å²) in [7, 11) is -2.73. The van der Waals surface area contributed by atoms with Crippen LogP contribution in [-0.4, -0.2) is 50.4 Å². The van der Waals surface area contributed by atoms with Crippen molar-refractivity contribution in [3.8, 4) is 5.75 Å². The van der Waals surface area contributed by atoms with E-state index in [1.165, 1.54) is 36.3 Å². The molecule has 0 bridgehead atoms. The Bertz CT molecular complexity index is 1460. The Balaban J connectivity index is 2.06. The predicted octanol–water partition coefficient (Wildman–Crippen LogP) is 5.18. The molecule has 0 saturated carbocycles. The quantitative estimate of drug-likeness (QED) is 0.353. The van der Waals surface area contributed by atoms with Crippen LogP contribution in [0.25, 0.3) is 0 Å². The Labute approximate surface area is 241 Å². The van der Waals surface area contributed by atoms with Crippen LogP contribution in [0.1, 0.15) is 38.8 Å². The van der Waals surface area contributed by atoms with E-state index in [2.05, 4.69) is 5.32 Å². The molecule has 1 atom stereocenters. The second kappa shape index (κ2) is 12.7. The first kappa shape index (κ1) is 31.0. The number of benzene rings is 3. The van der Waals surface area contributed by atoms with Gasteiger partial charge in [0.05, 0.1) is 22.7 Å². The van der Waals surface area contributed by atoms with Gasteiger partial charge in [0.1, 0.15) is 18.3 Å². The van der Waals surface area contributed by atoms with Crippen molar-refractivity contribution < 1.29 is 22.7 Å². The summed E-state index contributed by atoms with van der Waals surface area (Å²) in [4.78, 5) is 28.6. The number of carbonyl (C=O) groups is 2. The zero-order chi connectivity index (χ0) is 29.7. The third-order valence-electron chi connectivity index (χ3n) is 6.13. The van der Waals surface area contributed by atoms with Crippen molar-refractivity contribution in [3.63, 3.8) is 0 Å². The fourth-order valence-corrected chi connectivity index (χ4v) is 5.80. The van der Waals surface area contributed by atoms with Crippen molar-refractivity contribution in [2.75, 3.05) is 18.0 Å². The minimum atomic E-state index is -4.19. The number of hydrogen-bond donors (Lipinski definition) is 1. The molecule has 8 nitrogen and oxygen atoms in total. The number of nitrogens with one attached hydrogen (secondary N) is 1. The van der Waals surface area contributed by atoms with Gasteiger partial charge < -0.3 is 15.0 Å². The number of halogens is 1. The zero-order valence-corrected chi connectivity index (χ0v) is 25.2. The summed E-state index contributed by atoms with van der Waals surface area (Å²) >= 11 is 6.35. The number of anilines is 1. The van der Waals surface area contributed by atoms with Crippen LogP contribution in [0.2, 0.25) is 5.02 Å². The summed E-state index contributed by atoms with van der Waals surface area (Å²) in [6.45, 7) is 8.69. The number of carbonyl (C=O) groups excluding carboxylic acids is 2. The molecule has 0 aliphatic heterocycles. The number of aryl methyl sites for hydroxylation is 1. The van der Waals surface area contributed by atoms with Crippen LogP contribution < -0.4 is 14.4 Å². The van der Waals surface area contributed by atoms with E-state index in [0.717, 1.165) is 15.4 Å². The lowest BCUT2D eigenvalue weighted by atomic mass is 10.1. The Morgan fingerprint density at radius 2 is 1.68 bits per heavy atom. The first-order valence-electron chi connectivity index (χ1n) is 12.8. The fraction of sp³-hybridized carbons (Fsp3) is 0.333. The fourth-order valence-electron chi connectivity index (χ4n) is 4.12. The number of nitrogens with zero attached hydrogens (tertiary/aromatic N) is 2. The van der Waals surface area contributed by atoms with Crippen LogP contribution in [0.5, 0.6) is 5.75 Å². The lowest BCUT2D eigenvalue weighted by Crippen LogP contribution is -2.54. The Morgan fingerprint density at radius 3 is 2.25 bits per heavy atom. The average Bonchev–Trinajstić information content (AvgIpc) is 2.89. The largest absolute Gasteiger partial charge is 0.495 e. The zero-order valence-electron chi connectivity index (χ0n) is 23.6. The Morgan fingerprint density at radius 1 is 1.00 bits per heavy atom. The summed E-state index contributed by atoms with van der Waals surface area (Å²) in [5.74, 6) is -0.537. The van der Waals surface area contributed by atoms with E-state index in [4.69, 9.17) is 16.3 Å². The second-order valence-corrected chi connectivity index (χ2v) is 12.8. The molecule has 0 aliphatic carbocycles. The first-order chi connectivity index (χ1) is 18.7. The summed E-state index contributed by atoms with van der Waals surface area (Å²) < 4.78 is 33.9. The maximum atomic E-state index is 14.0. The van der Waals surface area contributed by atoms with Crippen LogP contribution in [0.3, 0.4) is 0 Å². The first-order valence-corrected chi connectivity index (χ1v) is 14.6. The van der Waals surface area contributed by atoms with E-state index in [9.17, 15) is 18.0 Å². The third kappa shape index (κ3) is 7.76. The third-order valence-corrected chi connectivity index (χ3v) is 8.22. The van der Waals surface area contributed by atoms with Crippen LogP contribution >= 0.6 is 11.6 Å². The van der Waals surface area contributed by atoms with E-state index in [1.807, 2.05) is 52.0 Å². The second-order valence-electron chi connectivity index (χ2n) is 10.6. The standard InChI is InChI=1S/C30H36ClN3O5S/c1-21-11-10-12-23(17-21)19-33(22(2)29(36)32-30(3,4)5)28(35)20-34(24-15-16-27(39-6)26(31)18-24)40(37,38)25-13-8-7-9-14-25/h7-18,22H,19-20H2,1-6H3,(H,32,36). The van der Waals surface area contributed by atoms with E-state index >= 15 is 0 Å². The number of ether oxygens (including phenoxy) is 1. The van der Waals surface area contributed by atoms with E-state index in [1.54, 1.807) is 31.2 Å². The maximum Gasteiger partial charge on any atom is 0.264 e. The lowest BCUT2D eigenvalue weighted by molar-refractivity contribution is -0.140. The molecule has 2 amide bonds. The van der Waals surface area contributed by atoms with Crippen LogP contribution in [-0.2, 0) is 26.2 Å². The van der Waals surface area contributed by atoms with Crippen LogP contribution in [0.4, 0.5) is 5.69 Å². The molecule has 10 heteroatoms. The normalized spacial score (nSPS) is 12.4. The van der Waals surface area contributed by atoms with Crippen LogP contribution in [0.15, 0.2) is 77.7 Å². The smallest absolute Gasteiger partial charge is 0.264 e. The van der Waals surface area contributed by atoms with E-state index in [-0.39, 0.29) is 28.1 Å². The van der Waals surface area contributed by atoms with E-state index in [0.29, 0.717) is 5.75 Å². The molecule has 3 aromatic rings. The molecule has 0 aliphatic rings. The molecule has 0 heterocycles. The molecule has 0 aromatic heterocycles. The van der Waals surface area contributed by atoms with Gasteiger partial charge in [0.25, 0.3) is 10.0 Å². The SMILES string of the molecule is COc1ccc(N(CC(=O)N(Cc2cccc(C)c2)C(C)C(=O)NC(C)(C)C)S(=O)(=O)c2ccccc2)cc1Cl. The Kier molecular flexibility index (Phi) is 9.87. The minimum absolute atomic E-state index is 0.0125. The highest BCUT2D eigenvalue weighted by Gasteiger charge is 2.33. The monoisotopic (exact) mass is 585 g/mol. The van der Waals surface area contributed by atoms with Gasteiger partial charge in [0.2, 0.25) is 11.8 Å². The topological polar surface area (TPSA) is 96.0 Å². The molecule has 40 heavy (non-hydrogen) atoms. The number of rotatable bonds is 10. The molecule has 1 unspecified atom stereocenters. The molecule has 0 radical (unpaired) electrons. The number of sulfonamides is 1. The average molecular weight is 586 g/mol.